The van der Waals surface area contributed by atoms with Gasteiger partial charge in [0.25, 0.3) is 5.91 Å². The van der Waals surface area contributed by atoms with Gasteiger partial charge in [0.2, 0.25) is 0 Å². The lowest BCUT2D eigenvalue weighted by atomic mass is 9.92. The molecule has 126 valence electrons. The van der Waals surface area contributed by atoms with Gasteiger partial charge in [-0.25, -0.2) is 0 Å². The highest BCUT2D eigenvalue weighted by atomic mass is 32.1. The fourth-order valence-corrected chi connectivity index (χ4v) is 4.31. The van der Waals surface area contributed by atoms with Crippen molar-refractivity contribution in [2.24, 2.45) is 5.92 Å². The summed E-state index contributed by atoms with van der Waals surface area (Å²) in [5.41, 5.74) is 2.06. The normalized spacial score (nSPS) is 24.3. The van der Waals surface area contributed by atoms with E-state index in [1.807, 2.05) is 27.8 Å². The zero-order chi connectivity index (χ0) is 16.4. The maximum Gasteiger partial charge on any atom is 0.254 e. The maximum absolute atomic E-state index is 12.6. The monoisotopic (exact) mass is 342 g/mol. The summed E-state index contributed by atoms with van der Waals surface area (Å²) in [7, 11) is 0. The number of rotatable bonds is 2. The molecule has 1 amide bonds. The highest BCUT2D eigenvalue weighted by Gasteiger charge is 2.35. The van der Waals surface area contributed by atoms with E-state index < -0.39 is 0 Å². The van der Waals surface area contributed by atoms with Crippen LogP contribution in [0.5, 0.6) is 0 Å². The largest absolute Gasteiger partial charge is 0.374 e. The highest BCUT2D eigenvalue weighted by molar-refractivity contribution is 7.08. The van der Waals surface area contributed by atoms with Gasteiger partial charge >= 0.3 is 0 Å². The van der Waals surface area contributed by atoms with E-state index in [-0.39, 0.29) is 12.0 Å². The number of anilines is 1. The van der Waals surface area contributed by atoms with Gasteiger partial charge in [-0.15, -0.1) is 0 Å². The molecule has 2 saturated heterocycles. The van der Waals surface area contributed by atoms with Crippen LogP contribution in [0.3, 0.4) is 0 Å². The summed E-state index contributed by atoms with van der Waals surface area (Å²) in [6.45, 7) is 4.05. The number of carbonyl (C=O) groups is 1. The quantitative estimate of drug-likeness (QED) is 0.841. The van der Waals surface area contributed by atoms with Crippen LogP contribution in [-0.4, -0.2) is 49.7 Å². The molecule has 2 aliphatic rings. The van der Waals surface area contributed by atoms with E-state index >= 15 is 0 Å². The molecular weight excluding hydrogens is 320 g/mol. The number of fused-ring (bicyclic) bond motifs is 1. The number of benzene rings is 1. The standard InChI is InChI=1S/C19H22N2O2S/c22-19(16-7-11-24-14-16)21-9-10-23-18-13-20(8-6-15(18)12-21)17-4-2-1-3-5-17/h1-5,7,11,14-15,18H,6,8-10,12-13H2/t15-,18-/m0/s1. The summed E-state index contributed by atoms with van der Waals surface area (Å²) in [6, 6.07) is 12.4. The van der Waals surface area contributed by atoms with Crippen LogP contribution in [-0.2, 0) is 4.74 Å². The minimum Gasteiger partial charge on any atom is -0.374 e. The van der Waals surface area contributed by atoms with E-state index in [1.165, 1.54) is 5.69 Å². The van der Waals surface area contributed by atoms with Gasteiger partial charge in [-0.05, 0) is 30.0 Å². The third kappa shape index (κ3) is 3.19. The summed E-state index contributed by atoms with van der Waals surface area (Å²) >= 11 is 1.57. The van der Waals surface area contributed by atoms with Crippen molar-refractivity contribution in [3.05, 3.63) is 52.7 Å². The Morgan fingerprint density at radius 2 is 2.00 bits per heavy atom. The second-order valence-corrected chi connectivity index (χ2v) is 7.28. The Morgan fingerprint density at radius 3 is 2.79 bits per heavy atom. The second-order valence-electron chi connectivity index (χ2n) is 6.50. The van der Waals surface area contributed by atoms with Crippen LogP contribution in [0.4, 0.5) is 5.69 Å². The molecule has 0 N–H and O–H groups in total. The number of nitrogens with zero attached hydrogens (tertiary/aromatic N) is 2. The molecule has 0 bridgehead atoms. The summed E-state index contributed by atoms with van der Waals surface area (Å²) in [6.07, 6.45) is 1.27. The number of amides is 1. The van der Waals surface area contributed by atoms with Crippen LogP contribution in [0, 0.1) is 5.92 Å². The van der Waals surface area contributed by atoms with Crippen LogP contribution < -0.4 is 4.90 Å². The summed E-state index contributed by atoms with van der Waals surface area (Å²) in [5, 5.41) is 3.90. The fourth-order valence-electron chi connectivity index (χ4n) is 3.68. The van der Waals surface area contributed by atoms with Crippen molar-refractivity contribution < 1.29 is 9.53 Å². The molecule has 0 saturated carbocycles. The average Bonchev–Trinajstić information content (AvgIpc) is 3.08. The van der Waals surface area contributed by atoms with E-state index in [0.717, 1.165) is 31.6 Å². The smallest absolute Gasteiger partial charge is 0.254 e. The molecule has 5 heteroatoms. The molecule has 4 rings (SSSR count). The Hall–Kier alpha value is -1.85. The van der Waals surface area contributed by atoms with Crippen LogP contribution in [0.25, 0.3) is 0 Å². The van der Waals surface area contributed by atoms with Gasteiger partial charge in [-0.3, -0.25) is 4.79 Å². The SMILES string of the molecule is O=C(c1ccsc1)N1CCO[C@H]2CN(c3ccccc3)CC[C@H]2C1. The zero-order valence-corrected chi connectivity index (χ0v) is 14.5. The van der Waals surface area contributed by atoms with E-state index in [9.17, 15) is 4.79 Å². The lowest BCUT2D eigenvalue weighted by Gasteiger charge is -2.39. The molecule has 0 unspecified atom stereocenters. The maximum atomic E-state index is 12.6. The average molecular weight is 342 g/mol. The Bertz CT molecular complexity index is 674. The van der Waals surface area contributed by atoms with E-state index in [4.69, 9.17) is 4.74 Å². The second kappa shape index (κ2) is 6.95. The van der Waals surface area contributed by atoms with Gasteiger partial charge in [-0.1, -0.05) is 18.2 Å². The van der Waals surface area contributed by atoms with Crippen molar-refractivity contribution in [3.8, 4) is 0 Å². The topological polar surface area (TPSA) is 32.8 Å². The predicted octanol–water partition coefficient (Wildman–Crippen LogP) is 3.12. The number of hydrogen-bond donors (Lipinski definition) is 0. The molecule has 0 aliphatic carbocycles. The Labute approximate surface area is 146 Å². The van der Waals surface area contributed by atoms with Gasteiger partial charge in [-0.2, -0.15) is 11.3 Å². The van der Waals surface area contributed by atoms with Gasteiger partial charge in [0.05, 0.1) is 18.3 Å². The van der Waals surface area contributed by atoms with Gasteiger partial charge in [0, 0.05) is 43.2 Å². The molecule has 0 spiro atoms. The summed E-state index contributed by atoms with van der Waals surface area (Å²) in [5.74, 6) is 0.570. The van der Waals surface area contributed by atoms with E-state index in [0.29, 0.717) is 19.1 Å². The minimum absolute atomic E-state index is 0.144. The Balaban J connectivity index is 1.44. The van der Waals surface area contributed by atoms with Crippen LogP contribution >= 0.6 is 11.3 Å². The number of carbonyl (C=O) groups excluding carboxylic acids is 1. The van der Waals surface area contributed by atoms with E-state index in [1.54, 1.807) is 11.3 Å². The lowest BCUT2D eigenvalue weighted by Crippen LogP contribution is -2.47. The highest BCUT2D eigenvalue weighted by Crippen LogP contribution is 2.28. The van der Waals surface area contributed by atoms with Gasteiger partial charge in [0.1, 0.15) is 0 Å². The Kier molecular flexibility index (Phi) is 4.54. The first-order chi connectivity index (χ1) is 11.8. The van der Waals surface area contributed by atoms with Crippen molar-refractivity contribution in [3.63, 3.8) is 0 Å². The number of hydrogen-bond acceptors (Lipinski definition) is 4. The molecule has 24 heavy (non-hydrogen) atoms. The minimum atomic E-state index is 0.144. The van der Waals surface area contributed by atoms with Gasteiger partial charge < -0.3 is 14.5 Å². The molecule has 1 aromatic heterocycles. The van der Waals surface area contributed by atoms with Crippen molar-refractivity contribution in [2.75, 3.05) is 37.7 Å². The van der Waals surface area contributed by atoms with E-state index in [2.05, 4.69) is 29.2 Å². The van der Waals surface area contributed by atoms with Crippen molar-refractivity contribution in [2.45, 2.75) is 12.5 Å². The number of ether oxygens (including phenoxy) is 1. The number of para-hydroxylation sites is 1. The van der Waals surface area contributed by atoms with Crippen LogP contribution in [0.1, 0.15) is 16.8 Å². The molecular formula is C19H22N2O2S. The molecule has 3 heterocycles. The molecule has 2 aliphatic heterocycles. The van der Waals surface area contributed by atoms with Crippen molar-refractivity contribution in [1.82, 2.24) is 4.90 Å². The lowest BCUT2D eigenvalue weighted by molar-refractivity contribution is 0.0253. The zero-order valence-electron chi connectivity index (χ0n) is 13.6. The van der Waals surface area contributed by atoms with Crippen molar-refractivity contribution >= 4 is 22.9 Å². The summed E-state index contributed by atoms with van der Waals surface area (Å²) < 4.78 is 6.12. The first kappa shape index (κ1) is 15.7. The molecule has 2 atom stereocenters. The molecule has 2 aromatic rings. The first-order valence-electron chi connectivity index (χ1n) is 8.54. The summed E-state index contributed by atoms with van der Waals surface area (Å²) in [4.78, 5) is 17.0. The third-order valence-corrected chi connectivity index (χ3v) is 5.70. The van der Waals surface area contributed by atoms with Crippen LogP contribution in [0.15, 0.2) is 47.2 Å². The Morgan fingerprint density at radius 1 is 1.12 bits per heavy atom. The molecule has 0 radical (unpaired) electrons. The fraction of sp³-hybridized carbons (Fsp3) is 0.421. The molecule has 4 nitrogen and oxygen atoms in total. The van der Waals surface area contributed by atoms with Gasteiger partial charge in [0.15, 0.2) is 0 Å². The predicted molar refractivity (Wildman–Crippen MR) is 96.7 cm³/mol. The third-order valence-electron chi connectivity index (χ3n) is 5.02. The number of piperidine rings is 1. The molecule has 2 fully saturated rings. The number of thiophene rings is 1. The molecule has 1 aromatic carbocycles. The van der Waals surface area contributed by atoms with Crippen molar-refractivity contribution in [1.29, 1.82) is 0 Å². The van der Waals surface area contributed by atoms with Crippen LogP contribution in [0.2, 0.25) is 0 Å². The first-order valence-corrected chi connectivity index (χ1v) is 9.48.